The monoisotopic (exact) mass is 412 g/mol. The zero-order valence-electron chi connectivity index (χ0n) is 12.2. The molecule has 0 aliphatic heterocycles. The van der Waals surface area contributed by atoms with Gasteiger partial charge in [0.05, 0.1) is 3.79 Å². The Kier molecular flexibility index (Phi) is 6.58. The van der Waals surface area contributed by atoms with Crippen LogP contribution in [-0.2, 0) is 16.6 Å². The maximum absolute atomic E-state index is 12.6. The Balaban J connectivity index is 2.14. The smallest absolute Gasteiger partial charge is 0.242 e. The van der Waals surface area contributed by atoms with E-state index in [1.165, 1.54) is 11.3 Å². The second-order valence-corrected chi connectivity index (χ2v) is 10.7. The first-order chi connectivity index (χ1) is 9.97. The molecule has 1 saturated carbocycles. The van der Waals surface area contributed by atoms with Crippen LogP contribution < -0.4 is 10.0 Å². The van der Waals surface area contributed by atoms with E-state index >= 15 is 0 Å². The Morgan fingerprint density at radius 3 is 2.90 bits per heavy atom. The van der Waals surface area contributed by atoms with Crippen LogP contribution in [0.5, 0.6) is 0 Å². The molecule has 21 heavy (non-hydrogen) atoms. The van der Waals surface area contributed by atoms with E-state index in [1.807, 2.05) is 18.8 Å². The number of thioether (sulfide) groups is 1. The van der Waals surface area contributed by atoms with Crippen molar-refractivity contribution in [2.24, 2.45) is 0 Å². The zero-order valence-corrected chi connectivity index (χ0v) is 16.2. The summed E-state index contributed by atoms with van der Waals surface area (Å²) < 4.78 is 28.8. The molecule has 1 aromatic rings. The highest BCUT2D eigenvalue weighted by Gasteiger charge is 2.32. The van der Waals surface area contributed by atoms with Gasteiger partial charge in [-0.25, -0.2) is 13.1 Å². The first-order valence-electron chi connectivity index (χ1n) is 7.04. The van der Waals surface area contributed by atoms with Gasteiger partial charge in [0, 0.05) is 22.7 Å². The number of thiophene rings is 1. The van der Waals surface area contributed by atoms with Gasteiger partial charge in [-0.2, -0.15) is 11.8 Å². The molecule has 0 saturated heterocycles. The van der Waals surface area contributed by atoms with Crippen molar-refractivity contribution >= 4 is 49.1 Å². The summed E-state index contributed by atoms with van der Waals surface area (Å²) in [6.45, 7) is 2.80. The van der Waals surface area contributed by atoms with Crippen molar-refractivity contribution in [2.75, 3.05) is 12.8 Å². The molecule has 0 spiro atoms. The van der Waals surface area contributed by atoms with Crippen LogP contribution in [0.4, 0.5) is 0 Å². The van der Waals surface area contributed by atoms with E-state index in [1.54, 1.807) is 6.07 Å². The topological polar surface area (TPSA) is 58.2 Å². The quantitative estimate of drug-likeness (QED) is 0.721. The molecule has 1 fully saturated rings. The first-order valence-corrected chi connectivity index (χ1v) is 11.2. The summed E-state index contributed by atoms with van der Waals surface area (Å²) >= 11 is 6.70. The molecule has 0 radical (unpaired) electrons. The summed E-state index contributed by atoms with van der Waals surface area (Å²) in [6.07, 6.45) is 3.13. The Bertz CT molecular complexity index is 574. The minimum atomic E-state index is -3.45. The van der Waals surface area contributed by atoms with Gasteiger partial charge in [-0.15, -0.1) is 11.3 Å². The molecule has 120 valence electrons. The number of halogens is 1. The normalized spacial score (nSPS) is 22.8. The number of hydrogen-bond donors (Lipinski definition) is 2. The Morgan fingerprint density at radius 2 is 2.24 bits per heavy atom. The van der Waals surface area contributed by atoms with E-state index < -0.39 is 10.0 Å². The maximum Gasteiger partial charge on any atom is 0.242 e. The average Bonchev–Trinajstić information content (AvgIpc) is 2.98. The van der Waals surface area contributed by atoms with Gasteiger partial charge in [0.25, 0.3) is 0 Å². The summed E-state index contributed by atoms with van der Waals surface area (Å²) in [7, 11) is -1.60. The fourth-order valence-electron chi connectivity index (χ4n) is 2.58. The summed E-state index contributed by atoms with van der Waals surface area (Å²) in [4.78, 5) is 1.38. The van der Waals surface area contributed by atoms with Gasteiger partial charge in [-0.1, -0.05) is 13.3 Å². The summed E-state index contributed by atoms with van der Waals surface area (Å²) in [6, 6.07) is 1.81. The average molecular weight is 413 g/mol. The SMILES string of the molecule is CCSC1CCCC1NS(=O)(=O)c1cc(CNC)sc1Br. The third kappa shape index (κ3) is 4.45. The molecular weight excluding hydrogens is 392 g/mol. The lowest BCUT2D eigenvalue weighted by atomic mass is 10.3. The van der Waals surface area contributed by atoms with Crippen LogP contribution in [0.3, 0.4) is 0 Å². The van der Waals surface area contributed by atoms with E-state index in [0.29, 0.717) is 20.5 Å². The van der Waals surface area contributed by atoms with E-state index in [9.17, 15) is 8.42 Å². The lowest BCUT2D eigenvalue weighted by Gasteiger charge is -2.19. The van der Waals surface area contributed by atoms with Crippen LogP contribution in [0.1, 0.15) is 31.1 Å². The van der Waals surface area contributed by atoms with Gasteiger partial charge in [0.1, 0.15) is 4.90 Å². The Labute approximate surface area is 143 Å². The highest BCUT2D eigenvalue weighted by molar-refractivity contribution is 9.11. The molecule has 1 aliphatic carbocycles. The van der Waals surface area contributed by atoms with Crippen LogP contribution in [0.25, 0.3) is 0 Å². The van der Waals surface area contributed by atoms with Crippen molar-refractivity contribution in [3.63, 3.8) is 0 Å². The molecule has 0 amide bonds. The molecular formula is C13H21BrN2O2S3. The van der Waals surface area contributed by atoms with Gasteiger partial charge in [0.15, 0.2) is 0 Å². The first kappa shape index (κ1) is 17.7. The van der Waals surface area contributed by atoms with Gasteiger partial charge in [-0.3, -0.25) is 0 Å². The number of nitrogens with one attached hydrogen (secondary N) is 2. The van der Waals surface area contributed by atoms with Gasteiger partial charge in [0.2, 0.25) is 10.0 Å². The van der Waals surface area contributed by atoms with Gasteiger partial charge >= 0.3 is 0 Å². The molecule has 1 aromatic heterocycles. The predicted molar refractivity (Wildman–Crippen MR) is 94.7 cm³/mol. The molecule has 2 rings (SSSR count). The minimum absolute atomic E-state index is 0.0551. The minimum Gasteiger partial charge on any atom is -0.315 e. The highest BCUT2D eigenvalue weighted by atomic mass is 79.9. The highest BCUT2D eigenvalue weighted by Crippen LogP contribution is 2.34. The van der Waals surface area contributed by atoms with Crippen LogP contribution in [0.2, 0.25) is 0 Å². The van der Waals surface area contributed by atoms with Crippen LogP contribution in [-0.4, -0.2) is 32.5 Å². The van der Waals surface area contributed by atoms with Crippen molar-refractivity contribution < 1.29 is 8.42 Å². The number of rotatable bonds is 7. The molecule has 1 heterocycles. The number of sulfonamides is 1. The second kappa shape index (κ2) is 7.79. The largest absolute Gasteiger partial charge is 0.315 e. The van der Waals surface area contributed by atoms with Gasteiger partial charge < -0.3 is 5.32 Å². The van der Waals surface area contributed by atoms with Crippen LogP contribution in [0, 0.1) is 0 Å². The standard InChI is InChI=1S/C13H21BrN2O2S3/c1-3-19-11-6-4-5-10(11)16-21(17,18)12-7-9(8-15-2)20-13(12)14/h7,10-11,15-16H,3-6,8H2,1-2H3. The fraction of sp³-hybridized carbons (Fsp3) is 0.692. The van der Waals surface area contributed by atoms with Gasteiger partial charge in [-0.05, 0) is 47.6 Å². The van der Waals surface area contributed by atoms with E-state index in [2.05, 4.69) is 32.9 Å². The van der Waals surface area contributed by atoms with E-state index in [4.69, 9.17) is 0 Å². The molecule has 0 bridgehead atoms. The molecule has 2 unspecified atom stereocenters. The van der Waals surface area contributed by atoms with E-state index in [0.717, 1.165) is 29.9 Å². The molecule has 2 N–H and O–H groups in total. The van der Waals surface area contributed by atoms with Crippen LogP contribution >= 0.6 is 39.0 Å². The lowest BCUT2D eigenvalue weighted by Crippen LogP contribution is -2.38. The number of hydrogen-bond acceptors (Lipinski definition) is 5. The third-order valence-electron chi connectivity index (χ3n) is 3.49. The fourth-order valence-corrected chi connectivity index (χ4v) is 7.87. The molecule has 2 atom stereocenters. The third-order valence-corrected chi connectivity index (χ3v) is 8.55. The molecule has 8 heteroatoms. The lowest BCUT2D eigenvalue weighted by molar-refractivity contribution is 0.555. The summed E-state index contributed by atoms with van der Waals surface area (Å²) in [5.41, 5.74) is 0. The van der Waals surface area contributed by atoms with E-state index in [-0.39, 0.29) is 6.04 Å². The Hall–Kier alpha value is 0.400. The van der Waals surface area contributed by atoms with Crippen molar-refractivity contribution in [3.8, 4) is 0 Å². The van der Waals surface area contributed by atoms with Crippen molar-refractivity contribution in [2.45, 2.75) is 48.9 Å². The molecule has 1 aliphatic rings. The summed E-state index contributed by atoms with van der Waals surface area (Å²) in [5.74, 6) is 1.03. The second-order valence-electron chi connectivity index (χ2n) is 5.03. The Morgan fingerprint density at radius 1 is 1.48 bits per heavy atom. The van der Waals surface area contributed by atoms with Crippen molar-refractivity contribution in [1.82, 2.24) is 10.0 Å². The molecule has 0 aromatic carbocycles. The molecule has 4 nitrogen and oxygen atoms in total. The van der Waals surface area contributed by atoms with Crippen molar-refractivity contribution in [1.29, 1.82) is 0 Å². The predicted octanol–water partition coefficient (Wildman–Crippen LogP) is 3.18. The maximum atomic E-state index is 12.6. The summed E-state index contributed by atoms with van der Waals surface area (Å²) in [5, 5.41) is 3.45. The van der Waals surface area contributed by atoms with Crippen LogP contribution in [0.15, 0.2) is 14.7 Å². The zero-order chi connectivity index (χ0) is 15.5. The van der Waals surface area contributed by atoms with Crippen molar-refractivity contribution in [3.05, 3.63) is 14.7 Å².